The van der Waals surface area contributed by atoms with Gasteiger partial charge in [0.05, 0.1) is 11.8 Å². The molecular formula is C25H32ClN5OS. The minimum Gasteiger partial charge on any atom is -0.387 e. The minimum atomic E-state index is -0.139. The van der Waals surface area contributed by atoms with Crippen LogP contribution in [0.2, 0.25) is 0 Å². The van der Waals surface area contributed by atoms with Crippen LogP contribution in [0.25, 0.3) is 16.2 Å². The molecule has 176 valence electrons. The summed E-state index contributed by atoms with van der Waals surface area (Å²) in [5.41, 5.74) is 9.50. The molecule has 2 aromatic heterocycles. The zero-order chi connectivity index (χ0) is 22.2. The number of benzene rings is 1. The SMILES string of the molecule is CCCN1CCCC(C(=O)c2c(-c3ccccc3)nc3sc4c(n23)C(C(=N)N)CCC4)C1.Cl. The van der Waals surface area contributed by atoms with Crippen molar-refractivity contribution in [1.82, 2.24) is 14.3 Å². The van der Waals surface area contributed by atoms with Crippen molar-refractivity contribution >= 4 is 40.3 Å². The third-order valence-corrected chi connectivity index (χ3v) is 8.00. The lowest BCUT2D eigenvalue weighted by atomic mass is 9.88. The Morgan fingerprint density at radius 1 is 1.24 bits per heavy atom. The molecule has 5 rings (SSSR count). The summed E-state index contributed by atoms with van der Waals surface area (Å²) in [6, 6.07) is 10.0. The van der Waals surface area contributed by atoms with E-state index in [-0.39, 0.29) is 35.9 Å². The van der Waals surface area contributed by atoms with E-state index in [2.05, 4.69) is 16.2 Å². The van der Waals surface area contributed by atoms with E-state index in [1.165, 1.54) is 4.88 Å². The van der Waals surface area contributed by atoms with Gasteiger partial charge in [-0.2, -0.15) is 0 Å². The van der Waals surface area contributed by atoms with Gasteiger partial charge in [0.1, 0.15) is 11.4 Å². The third-order valence-electron chi connectivity index (χ3n) is 6.89. The Morgan fingerprint density at radius 3 is 2.76 bits per heavy atom. The first-order chi connectivity index (χ1) is 15.6. The average molecular weight is 486 g/mol. The molecule has 3 N–H and O–H groups in total. The van der Waals surface area contributed by atoms with Gasteiger partial charge in [-0.1, -0.05) is 37.3 Å². The van der Waals surface area contributed by atoms with Crippen LogP contribution in [0.5, 0.6) is 0 Å². The highest BCUT2D eigenvalue weighted by Gasteiger charge is 2.35. The first-order valence-corrected chi connectivity index (χ1v) is 12.6. The van der Waals surface area contributed by atoms with Crippen molar-refractivity contribution in [1.29, 1.82) is 5.41 Å². The standard InChI is InChI=1S/C25H31N5OS.ClH/c1-2-13-29-14-7-10-17(15-29)23(31)22-20(16-8-4-3-5-9-16)28-25-30(22)21-18(24(26)27)11-6-12-19(21)32-25;/h3-5,8-9,17-18H,2,6-7,10-15H2,1H3,(H3,26,27);1H. The number of aryl methyl sites for hydroxylation is 1. The molecule has 33 heavy (non-hydrogen) atoms. The van der Waals surface area contributed by atoms with Gasteiger partial charge in [-0.15, -0.1) is 23.7 Å². The molecule has 1 aliphatic carbocycles. The molecule has 1 fully saturated rings. The molecule has 1 saturated heterocycles. The van der Waals surface area contributed by atoms with E-state index >= 15 is 0 Å². The predicted molar refractivity (Wildman–Crippen MR) is 137 cm³/mol. The van der Waals surface area contributed by atoms with Gasteiger partial charge in [0.15, 0.2) is 10.7 Å². The van der Waals surface area contributed by atoms with E-state index in [0.717, 1.165) is 80.1 Å². The van der Waals surface area contributed by atoms with Gasteiger partial charge in [-0.25, -0.2) is 4.98 Å². The zero-order valence-corrected chi connectivity index (χ0v) is 20.7. The van der Waals surface area contributed by atoms with Crippen LogP contribution in [0.15, 0.2) is 30.3 Å². The lowest BCUT2D eigenvalue weighted by molar-refractivity contribution is 0.0814. The molecule has 2 atom stereocenters. The molecule has 3 aromatic rings. The van der Waals surface area contributed by atoms with Crippen molar-refractivity contribution in [2.24, 2.45) is 11.7 Å². The summed E-state index contributed by atoms with van der Waals surface area (Å²) in [6.45, 7) is 5.12. The molecule has 0 spiro atoms. The second-order valence-corrected chi connectivity index (χ2v) is 10.2. The van der Waals surface area contributed by atoms with Crippen LogP contribution in [0, 0.1) is 11.3 Å². The topological polar surface area (TPSA) is 87.5 Å². The van der Waals surface area contributed by atoms with E-state index in [4.69, 9.17) is 16.1 Å². The monoisotopic (exact) mass is 485 g/mol. The molecule has 0 radical (unpaired) electrons. The van der Waals surface area contributed by atoms with E-state index in [0.29, 0.717) is 5.69 Å². The highest BCUT2D eigenvalue weighted by atomic mass is 35.5. The number of rotatable bonds is 6. The molecular weight excluding hydrogens is 454 g/mol. The van der Waals surface area contributed by atoms with Crippen molar-refractivity contribution in [2.45, 2.75) is 51.4 Å². The Hall–Kier alpha value is -2.22. The fourth-order valence-corrected chi connectivity index (χ4v) is 6.64. The smallest absolute Gasteiger partial charge is 0.195 e. The number of thiazole rings is 1. The number of carbonyl (C=O) groups excluding carboxylic acids is 1. The Labute approximate surface area is 205 Å². The summed E-state index contributed by atoms with van der Waals surface area (Å²) >= 11 is 1.66. The van der Waals surface area contributed by atoms with Crippen LogP contribution in [-0.2, 0) is 6.42 Å². The molecule has 3 heterocycles. The predicted octanol–water partition coefficient (Wildman–Crippen LogP) is 5.15. The molecule has 1 aromatic carbocycles. The van der Waals surface area contributed by atoms with Crippen LogP contribution < -0.4 is 5.73 Å². The van der Waals surface area contributed by atoms with Crippen LogP contribution >= 0.6 is 23.7 Å². The lowest BCUT2D eigenvalue weighted by Crippen LogP contribution is -2.39. The van der Waals surface area contributed by atoms with Crippen LogP contribution in [-0.4, -0.2) is 45.5 Å². The summed E-state index contributed by atoms with van der Waals surface area (Å²) in [5.74, 6) is 0.212. The quantitative estimate of drug-likeness (QED) is 0.287. The maximum absolute atomic E-state index is 14.1. The van der Waals surface area contributed by atoms with E-state index in [1.54, 1.807) is 11.3 Å². The molecule has 0 saturated carbocycles. The van der Waals surface area contributed by atoms with Gasteiger partial charge in [0.2, 0.25) is 0 Å². The number of hydrogen-bond acceptors (Lipinski definition) is 5. The Balaban J connectivity index is 0.00000259. The maximum Gasteiger partial charge on any atom is 0.195 e. The van der Waals surface area contributed by atoms with Crippen molar-refractivity contribution < 1.29 is 4.79 Å². The lowest BCUT2D eigenvalue weighted by Gasteiger charge is -2.32. The second kappa shape index (κ2) is 9.95. The summed E-state index contributed by atoms with van der Waals surface area (Å²) in [6.07, 6.45) is 5.92. The number of nitrogens with two attached hydrogens (primary N) is 1. The summed E-state index contributed by atoms with van der Waals surface area (Å²) in [7, 11) is 0. The van der Waals surface area contributed by atoms with Gasteiger partial charge in [0, 0.05) is 28.6 Å². The largest absolute Gasteiger partial charge is 0.387 e. The fourth-order valence-electron chi connectivity index (χ4n) is 5.42. The number of nitrogens with zero attached hydrogens (tertiary/aromatic N) is 3. The average Bonchev–Trinajstić information content (AvgIpc) is 3.35. The number of ketones is 1. The van der Waals surface area contributed by atoms with Gasteiger partial charge in [0.25, 0.3) is 0 Å². The Bertz CT molecular complexity index is 1150. The highest BCUT2D eigenvalue weighted by molar-refractivity contribution is 7.17. The number of amidine groups is 1. The normalized spacial score (nSPS) is 20.9. The number of carbonyl (C=O) groups is 1. The second-order valence-electron chi connectivity index (χ2n) is 9.11. The molecule has 0 amide bonds. The number of imidazole rings is 1. The molecule has 6 nitrogen and oxygen atoms in total. The van der Waals surface area contributed by atoms with Crippen molar-refractivity contribution in [2.75, 3.05) is 19.6 Å². The Morgan fingerprint density at radius 2 is 2.03 bits per heavy atom. The molecule has 0 bridgehead atoms. The van der Waals surface area contributed by atoms with Gasteiger partial charge >= 0.3 is 0 Å². The number of Topliss-reactive ketones (excluding diaryl/α,β-unsaturated/α-hetero) is 1. The van der Waals surface area contributed by atoms with Crippen LogP contribution in [0.1, 0.15) is 66.0 Å². The fraction of sp³-hybridized carbons (Fsp3) is 0.480. The summed E-state index contributed by atoms with van der Waals surface area (Å²) in [5, 5.41) is 8.21. The highest BCUT2D eigenvalue weighted by Crippen LogP contribution is 2.41. The first kappa shape index (κ1) is 23.9. The van der Waals surface area contributed by atoms with Crippen molar-refractivity contribution in [3.63, 3.8) is 0 Å². The van der Waals surface area contributed by atoms with Gasteiger partial charge < -0.3 is 10.6 Å². The van der Waals surface area contributed by atoms with Crippen LogP contribution in [0.4, 0.5) is 0 Å². The number of fused-ring (bicyclic) bond motifs is 3. The van der Waals surface area contributed by atoms with Gasteiger partial charge in [-0.3, -0.25) is 14.6 Å². The van der Waals surface area contributed by atoms with E-state index < -0.39 is 0 Å². The molecule has 2 unspecified atom stereocenters. The number of hydrogen-bond donors (Lipinski definition) is 2. The van der Waals surface area contributed by atoms with E-state index in [1.807, 2.05) is 30.3 Å². The Kier molecular flexibility index (Phi) is 7.22. The number of likely N-dealkylation sites (tertiary alicyclic amines) is 1. The van der Waals surface area contributed by atoms with Crippen LogP contribution in [0.3, 0.4) is 0 Å². The number of piperidine rings is 1. The molecule has 2 aliphatic rings. The minimum absolute atomic E-state index is 0. The summed E-state index contributed by atoms with van der Waals surface area (Å²) in [4.78, 5) is 23.6. The first-order valence-electron chi connectivity index (χ1n) is 11.8. The van der Waals surface area contributed by atoms with Crippen molar-refractivity contribution in [3.8, 4) is 11.3 Å². The van der Waals surface area contributed by atoms with Crippen molar-refractivity contribution in [3.05, 3.63) is 46.6 Å². The summed E-state index contributed by atoms with van der Waals surface area (Å²) < 4.78 is 2.08. The number of nitrogens with one attached hydrogen (secondary N) is 1. The number of halogens is 1. The molecule has 1 aliphatic heterocycles. The third kappa shape index (κ3) is 4.34. The number of aromatic nitrogens is 2. The maximum atomic E-state index is 14.1. The zero-order valence-electron chi connectivity index (χ0n) is 19.0. The molecule has 8 heteroatoms. The van der Waals surface area contributed by atoms with E-state index in [9.17, 15) is 4.79 Å². The van der Waals surface area contributed by atoms with Gasteiger partial charge in [-0.05, 0) is 51.6 Å².